The van der Waals surface area contributed by atoms with Crippen LogP contribution in [-0.4, -0.2) is 18.3 Å². The number of benzene rings is 1. The SMILES string of the molecule is CNCc1cc(Oc2ccc(SC)cc2)ccn1. The molecule has 3 nitrogen and oxygen atoms in total. The van der Waals surface area contributed by atoms with E-state index in [0.717, 1.165) is 23.7 Å². The number of rotatable bonds is 5. The number of nitrogens with one attached hydrogen (secondary N) is 1. The van der Waals surface area contributed by atoms with Crippen molar-refractivity contribution in [3.05, 3.63) is 48.3 Å². The summed E-state index contributed by atoms with van der Waals surface area (Å²) in [5.41, 5.74) is 0.968. The largest absolute Gasteiger partial charge is 0.457 e. The molecule has 1 aromatic carbocycles. The number of hydrogen-bond acceptors (Lipinski definition) is 4. The molecule has 0 aliphatic rings. The summed E-state index contributed by atoms with van der Waals surface area (Å²) < 4.78 is 5.79. The summed E-state index contributed by atoms with van der Waals surface area (Å²) in [6, 6.07) is 11.9. The second kappa shape index (κ2) is 6.42. The predicted molar refractivity (Wildman–Crippen MR) is 75.3 cm³/mol. The normalized spacial score (nSPS) is 10.3. The smallest absolute Gasteiger partial charge is 0.130 e. The third-order valence-corrected chi connectivity index (χ3v) is 3.18. The van der Waals surface area contributed by atoms with Gasteiger partial charge in [-0.25, -0.2) is 0 Å². The molecular weight excluding hydrogens is 244 g/mol. The van der Waals surface area contributed by atoms with Crippen LogP contribution >= 0.6 is 11.8 Å². The van der Waals surface area contributed by atoms with Crippen LogP contribution in [0.4, 0.5) is 0 Å². The van der Waals surface area contributed by atoms with Crippen LogP contribution in [0.3, 0.4) is 0 Å². The van der Waals surface area contributed by atoms with E-state index in [1.165, 1.54) is 4.90 Å². The Morgan fingerprint density at radius 2 is 1.94 bits per heavy atom. The fraction of sp³-hybridized carbons (Fsp3) is 0.214. The summed E-state index contributed by atoms with van der Waals surface area (Å²) >= 11 is 1.72. The predicted octanol–water partition coefficient (Wildman–Crippen LogP) is 3.32. The van der Waals surface area contributed by atoms with Crippen molar-refractivity contribution in [3.63, 3.8) is 0 Å². The zero-order valence-electron chi connectivity index (χ0n) is 10.5. The molecule has 0 atom stereocenters. The van der Waals surface area contributed by atoms with Crippen LogP contribution in [0.2, 0.25) is 0 Å². The molecule has 0 spiro atoms. The minimum atomic E-state index is 0.739. The zero-order chi connectivity index (χ0) is 12.8. The first-order valence-electron chi connectivity index (χ1n) is 5.73. The number of nitrogens with zero attached hydrogens (tertiary/aromatic N) is 1. The summed E-state index contributed by atoms with van der Waals surface area (Å²) in [5, 5.41) is 3.07. The Hall–Kier alpha value is -1.52. The highest BCUT2D eigenvalue weighted by Gasteiger charge is 2.00. The Kier molecular flexibility index (Phi) is 4.61. The average molecular weight is 260 g/mol. The molecule has 0 aliphatic carbocycles. The lowest BCUT2D eigenvalue weighted by atomic mass is 10.3. The molecule has 0 aliphatic heterocycles. The minimum absolute atomic E-state index is 0.739. The summed E-state index contributed by atoms with van der Waals surface area (Å²) in [7, 11) is 1.90. The maximum Gasteiger partial charge on any atom is 0.130 e. The highest BCUT2D eigenvalue weighted by atomic mass is 32.2. The summed E-state index contributed by atoms with van der Waals surface area (Å²) in [6.07, 6.45) is 3.82. The second-order valence-electron chi connectivity index (χ2n) is 3.79. The van der Waals surface area contributed by atoms with Gasteiger partial charge in [-0.15, -0.1) is 11.8 Å². The lowest BCUT2D eigenvalue weighted by molar-refractivity contribution is 0.480. The highest BCUT2D eigenvalue weighted by Crippen LogP contribution is 2.24. The number of pyridine rings is 1. The van der Waals surface area contributed by atoms with E-state index >= 15 is 0 Å². The first kappa shape index (κ1) is 12.9. The van der Waals surface area contributed by atoms with Gasteiger partial charge in [0.2, 0.25) is 0 Å². The molecule has 0 bridgehead atoms. The highest BCUT2D eigenvalue weighted by molar-refractivity contribution is 7.98. The molecule has 94 valence electrons. The van der Waals surface area contributed by atoms with Gasteiger partial charge >= 0.3 is 0 Å². The Labute approximate surface area is 112 Å². The van der Waals surface area contributed by atoms with Gasteiger partial charge in [0, 0.05) is 23.7 Å². The van der Waals surface area contributed by atoms with Crippen molar-refractivity contribution in [2.24, 2.45) is 0 Å². The van der Waals surface area contributed by atoms with E-state index in [1.54, 1.807) is 18.0 Å². The first-order chi connectivity index (χ1) is 8.81. The van der Waals surface area contributed by atoms with Crippen LogP contribution < -0.4 is 10.1 Å². The van der Waals surface area contributed by atoms with Gasteiger partial charge in [-0.2, -0.15) is 0 Å². The van der Waals surface area contributed by atoms with Gasteiger partial charge in [0.05, 0.1) is 5.69 Å². The van der Waals surface area contributed by atoms with Gasteiger partial charge in [0.25, 0.3) is 0 Å². The van der Waals surface area contributed by atoms with E-state index in [-0.39, 0.29) is 0 Å². The molecule has 2 rings (SSSR count). The molecule has 0 unspecified atom stereocenters. The lowest BCUT2D eigenvalue weighted by Gasteiger charge is -2.07. The van der Waals surface area contributed by atoms with Crippen molar-refractivity contribution in [1.29, 1.82) is 0 Å². The van der Waals surface area contributed by atoms with Gasteiger partial charge in [-0.3, -0.25) is 4.98 Å². The maximum absolute atomic E-state index is 5.79. The molecule has 0 radical (unpaired) electrons. The van der Waals surface area contributed by atoms with Gasteiger partial charge in [-0.05, 0) is 43.6 Å². The molecule has 1 heterocycles. The molecular formula is C14H16N2OS. The standard InChI is InChI=1S/C14H16N2OS/c1-15-10-11-9-13(7-8-16-11)17-12-3-5-14(18-2)6-4-12/h3-9,15H,10H2,1-2H3. The Bertz CT molecular complexity index is 499. The molecule has 0 saturated heterocycles. The Balaban J connectivity index is 2.09. The van der Waals surface area contributed by atoms with Gasteiger partial charge < -0.3 is 10.1 Å². The third-order valence-electron chi connectivity index (χ3n) is 2.44. The number of thioether (sulfide) groups is 1. The maximum atomic E-state index is 5.79. The van der Waals surface area contributed by atoms with E-state index in [0.29, 0.717) is 0 Å². The van der Waals surface area contributed by atoms with Gasteiger partial charge in [0.1, 0.15) is 11.5 Å². The summed E-state index contributed by atoms with van der Waals surface area (Å²) in [4.78, 5) is 5.48. The van der Waals surface area contributed by atoms with Crippen molar-refractivity contribution in [2.75, 3.05) is 13.3 Å². The van der Waals surface area contributed by atoms with Crippen molar-refractivity contribution in [3.8, 4) is 11.5 Å². The summed E-state index contributed by atoms with van der Waals surface area (Å²) in [6.45, 7) is 0.739. The minimum Gasteiger partial charge on any atom is -0.457 e. The fourth-order valence-corrected chi connectivity index (χ4v) is 1.99. The fourth-order valence-electron chi connectivity index (χ4n) is 1.58. The van der Waals surface area contributed by atoms with Crippen LogP contribution in [0, 0.1) is 0 Å². The number of hydrogen-bond donors (Lipinski definition) is 1. The van der Waals surface area contributed by atoms with Crippen LogP contribution in [0.5, 0.6) is 11.5 Å². The molecule has 0 amide bonds. The monoisotopic (exact) mass is 260 g/mol. The van der Waals surface area contributed by atoms with Crippen LogP contribution in [0.25, 0.3) is 0 Å². The molecule has 1 aromatic heterocycles. The molecule has 18 heavy (non-hydrogen) atoms. The quantitative estimate of drug-likeness (QED) is 0.836. The van der Waals surface area contributed by atoms with E-state index in [1.807, 2.05) is 31.3 Å². The third kappa shape index (κ3) is 3.48. The van der Waals surface area contributed by atoms with Crippen LogP contribution in [0.1, 0.15) is 5.69 Å². The molecule has 1 N–H and O–H groups in total. The van der Waals surface area contributed by atoms with Crippen molar-refractivity contribution >= 4 is 11.8 Å². The van der Waals surface area contributed by atoms with Crippen LogP contribution in [-0.2, 0) is 6.54 Å². The van der Waals surface area contributed by atoms with E-state index in [4.69, 9.17) is 4.74 Å². The zero-order valence-corrected chi connectivity index (χ0v) is 11.3. The molecule has 2 aromatic rings. The Morgan fingerprint density at radius 3 is 2.61 bits per heavy atom. The summed E-state index contributed by atoms with van der Waals surface area (Å²) in [5.74, 6) is 1.65. The number of ether oxygens (including phenoxy) is 1. The van der Waals surface area contributed by atoms with Crippen LogP contribution in [0.15, 0.2) is 47.5 Å². The van der Waals surface area contributed by atoms with E-state index in [9.17, 15) is 0 Å². The lowest BCUT2D eigenvalue weighted by Crippen LogP contribution is -2.06. The van der Waals surface area contributed by atoms with E-state index < -0.39 is 0 Å². The molecule has 0 saturated carbocycles. The number of aromatic nitrogens is 1. The van der Waals surface area contributed by atoms with Crippen molar-refractivity contribution in [2.45, 2.75) is 11.4 Å². The van der Waals surface area contributed by atoms with Gasteiger partial charge in [0.15, 0.2) is 0 Å². The Morgan fingerprint density at radius 1 is 1.17 bits per heavy atom. The van der Waals surface area contributed by atoms with Gasteiger partial charge in [-0.1, -0.05) is 0 Å². The average Bonchev–Trinajstić information content (AvgIpc) is 2.40. The molecule has 0 fully saturated rings. The van der Waals surface area contributed by atoms with Crippen molar-refractivity contribution in [1.82, 2.24) is 10.3 Å². The first-order valence-corrected chi connectivity index (χ1v) is 6.96. The topological polar surface area (TPSA) is 34.1 Å². The molecule has 4 heteroatoms. The second-order valence-corrected chi connectivity index (χ2v) is 4.67. The van der Waals surface area contributed by atoms with E-state index in [2.05, 4.69) is 28.7 Å². The van der Waals surface area contributed by atoms with Crippen molar-refractivity contribution < 1.29 is 4.74 Å².